The van der Waals surface area contributed by atoms with Crippen LogP contribution in [0.15, 0.2) is 27.6 Å². The van der Waals surface area contributed by atoms with Gasteiger partial charge in [0.1, 0.15) is 5.01 Å². The van der Waals surface area contributed by atoms with Crippen LogP contribution in [0.5, 0.6) is 0 Å². The Bertz CT molecular complexity index is 503. The van der Waals surface area contributed by atoms with Crippen molar-refractivity contribution in [2.75, 3.05) is 5.73 Å². The molecule has 0 aliphatic heterocycles. The van der Waals surface area contributed by atoms with E-state index in [0.717, 1.165) is 25.8 Å². The van der Waals surface area contributed by atoms with Gasteiger partial charge in [0, 0.05) is 15.1 Å². The zero-order valence-corrected chi connectivity index (χ0v) is 12.0. The molecule has 0 unspecified atom stereocenters. The fraction of sp³-hybridized carbons (Fsp3) is 0.111. The summed E-state index contributed by atoms with van der Waals surface area (Å²) in [7, 11) is 0. The Hall–Kier alpha value is -0.300. The van der Waals surface area contributed by atoms with Gasteiger partial charge in [0.05, 0.1) is 5.75 Å². The van der Waals surface area contributed by atoms with Crippen molar-refractivity contribution in [1.82, 2.24) is 10.2 Å². The molecule has 0 atom stereocenters. The summed E-state index contributed by atoms with van der Waals surface area (Å²) in [6.07, 6.45) is 0. The molecule has 1 heterocycles. The van der Waals surface area contributed by atoms with Crippen molar-refractivity contribution in [3.8, 4) is 0 Å². The molecule has 0 aliphatic rings. The fourth-order valence-electron chi connectivity index (χ4n) is 1.07. The number of hydrogen-bond acceptors (Lipinski definition) is 5. The molecule has 0 saturated heterocycles. The van der Waals surface area contributed by atoms with Gasteiger partial charge in [0.15, 0.2) is 0 Å². The Morgan fingerprint density at radius 1 is 1.44 bits per heavy atom. The minimum atomic E-state index is 0.479. The van der Waals surface area contributed by atoms with Gasteiger partial charge in [-0.25, -0.2) is 0 Å². The van der Waals surface area contributed by atoms with Gasteiger partial charge in [0.25, 0.3) is 0 Å². The maximum Gasteiger partial charge on any atom is 0.207 e. The molecule has 3 nitrogen and oxygen atoms in total. The number of anilines is 1. The fourth-order valence-corrected chi connectivity index (χ4v) is 3.58. The Morgan fingerprint density at radius 3 is 2.88 bits per heavy atom. The zero-order valence-electron chi connectivity index (χ0n) is 7.98. The van der Waals surface area contributed by atoms with E-state index in [-0.39, 0.29) is 0 Å². The number of nitrogens with two attached hydrogens (primary N) is 1. The molecule has 2 rings (SSSR count). The number of aromatic nitrogens is 2. The molecule has 84 valence electrons. The van der Waals surface area contributed by atoms with Crippen LogP contribution < -0.4 is 5.73 Å². The summed E-state index contributed by atoms with van der Waals surface area (Å²) in [5, 5.41) is 8.62. The second-order valence-electron chi connectivity index (χ2n) is 2.93. The predicted molar refractivity (Wildman–Crippen MR) is 73.0 cm³/mol. The lowest BCUT2D eigenvalue weighted by Gasteiger charge is -2.03. The van der Waals surface area contributed by atoms with Gasteiger partial charge in [-0.2, -0.15) is 0 Å². The number of nitrogen functional groups attached to an aromatic ring is 1. The van der Waals surface area contributed by atoms with Crippen LogP contribution in [0.1, 0.15) is 5.01 Å². The SMILES string of the molecule is Nc1ccc(SCc2nnc(Cl)s2)c(Br)c1. The Balaban J connectivity index is 2.04. The maximum atomic E-state index is 5.70. The highest BCUT2D eigenvalue weighted by molar-refractivity contribution is 9.10. The van der Waals surface area contributed by atoms with Gasteiger partial charge in [0.2, 0.25) is 4.47 Å². The Morgan fingerprint density at radius 2 is 2.25 bits per heavy atom. The van der Waals surface area contributed by atoms with Crippen molar-refractivity contribution >= 4 is 56.3 Å². The lowest BCUT2D eigenvalue weighted by molar-refractivity contribution is 1.04. The quantitative estimate of drug-likeness (QED) is 0.683. The first-order valence-corrected chi connectivity index (χ1v) is 7.28. The molecule has 0 amide bonds. The minimum Gasteiger partial charge on any atom is -0.399 e. The van der Waals surface area contributed by atoms with Gasteiger partial charge < -0.3 is 5.73 Å². The smallest absolute Gasteiger partial charge is 0.207 e. The summed E-state index contributed by atoms with van der Waals surface area (Å²) in [6, 6.07) is 5.74. The lowest BCUT2D eigenvalue weighted by Crippen LogP contribution is -1.85. The van der Waals surface area contributed by atoms with Crippen molar-refractivity contribution in [2.45, 2.75) is 10.6 Å². The highest BCUT2D eigenvalue weighted by atomic mass is 79.9. The molecule has 0 bridgehead atoms. The number of halogens is 2. The van der Waals surface area contributed by atoms with E-state index in [0.29, 0.717) is 4.47 Å². The van der Waals surface area contributed by atoms with Crippen LogP contribution in [0.3, 0.4) is 0 Å². The van der Waals surface area contributed by atoms with Crippen molar-refractivity contribution in [3.05, 3.63) is 32.1 Å². The van der Waals surface area contributed by atoms with Crippen LogP contribution in [0.4, 0.5) is 5.69 Å². The van der Waals surface area contributed by atoms with Crippen LogP contribution in [0.25, 0.3) is 0 Å². The number of hydrogen-bond donors (Lipinski definition) is 1. The van der Waals surface area contributed by atoms with E-state index in [1.165, 1.54) is 11.3 Å². The number of nitrogens with zero attached hydrogens (tertiary/aromatic N) is 2. The van der Waals surface area contributed by atoms with E-state index in [9.17, 15) is 0 Å². The summed E-state index contributed by atoms with van der Waals surface area (Å²) < 4.78 is 1.47. The standard InChI is InChI=1S/C9H7BrClN3S2/c10-6-3-5(12)1-2-7(6)15-4-8-13-14-9(11)16-8/h1-3H,4,12H2. The van der Waals surface area contributed by atoms with E-state index < -0.39 is 0 Å². The Labute approximate surface area is 115 Å². The van der Waals surface area contributed by atoms with Gasteiger partial charge in [-0.3, -0.25) is 0 Å². The molecular formula is C9H7BrClN3S2. The summed E-state index contributed by atoms with van der Waals surface area (Å²) in [4.78, 5) is 1.13. The first-order chi connectivity index (χ1) is 7.65. The van der Waals surface area contributed by atoms with E-state index in [4.69, 9.17) is 17.3 Å². The van der Waals surface area contributed by atoms with Crippen LogP contribution in [0.2, 0.25) is 4.47 Å². The van der Waals surface area contributed by atoms with Gasteiger partial charge >= 0.3 is 0 Å². The second-order valence-corrected chi connectivity index (χ2v) is 6.44. The molecular weight excluding hydrogens is 330 g/mol. The molecule has 0 spiro atoms. The summed E-state index contributed by atoms with van der Waals surface area (Å²) in [5.41, 5.74) is 6.41. The van der Waals surface area contributed by atoms with Gasteiger partial charge in [-0.15, -0.1) is 22.0 Å². The highest BCUT2D eigenvalue weighted by Crippen LogP contribution is 2.32. The first kappa shape index (κ1) is 12.2. The van der Waals surface area contributed by atoms with E-state index in [1.807, 2.05) is 18.2 Å². The van der Waals surface area contributed by atoms with Crippen molar-refractivity contribution in [3.63, 3.8) is 0 Å². The molecule has 0 fully saturated rings. The highest BCUT2D eigenvalue weighted by Gasteiger charge is 2.05. The first-order valence-electron chi connectivity index (χ1n) is 4.31. The van der Waals surface area contributed by atoms with Crippen molar-refractivity contribution in [1.29, 1.82) is 0 Å². The van der Waals surface area contributed by atoms with Crippen molar-refractivity contribution in [2.24, 2.45) is 0 Å². The van der Waals surface area contributed by atoms with E-state index in [2.05, 4.69) is 26.1 Å². The zero-order chi connectivity index (χ0) is 11.5. The molecule has 0 aliphatic carbocycles. The van der Waals surface area contributed by atoms with Crippen LogP contribution in [0, 0.1) is 0 Å². The Kier molecular flexibility index (Phi) is 4.07. The molecule has 7 heteroatoms. The van der Waals surface area contributed by atoms with Gasteiger partial charge in [-0.1, -0.05) is 11.3 Å². The van der Waals surface area contributed by atoms with E-state index >= 15 is 0 Å². The van der Waals surface area contributed by atoms with Crippen LogP contribution in [-0.4, -0.2) is 10.2 Å². The molecule has 0 saturated carbocycles. The summed E-state index contributed by atoms with van der Waals surface area (Å²) >= 11 is 12.2. The third-order valence-corrected chi connectivity index (χ3v) is 4.95. The monoisotopic (exact) mass is 335 g/mol. The van der Waals surface area contributed by atoms with Crippen molar-refractivity contribution < 1.29 is 0 Å². The lowest BCUT2D eigenvalue weighted by atomic mass is 10.3. The topological polar surface area (TPSA) is 51.8 Å². The normalized spacial score (nSPS) is 10.6. The van der Waals surface area contributed by atoms with E-state index in [1.54, 1.807) is 11.8 Å². The molecule has 1 aromatic carbocycles. The number of thioether (sulfide) groups is 1. The number of rotatable bonds is 3. The molecule has 2 aromatic rings. The average molecular weight is 337 g/mol. The molecule has 2 N–H and O–H groups in total. The van der Waals surface area contributed by atoms with Crippen LogP contribution in [-0.2, 0) is 5.75 Å². The average Bonchev–Trinajstić information content (AvgIpc) is 2.63. The third-order valence-electron chi connectivity index (χ3n) is 1.75. The minimum absolute atomic E-state index is 0.479. The summed E-state index contributed by atoms with van der Waals surface area (Å²) in [6.45, 7) is 0. The largest absolute Gasteiger partial charge is 0.399 e. The summed E-state index contributed by atoms with van der Waals surface area (Å²) in [5.74, 6) is 0.757. The predicted octanol–water partition coefficient (Wildman–Crippen LogP) is 3.83. The second kappa shape index (κ2) is 5.35. The maximum absolute atomic E-state index is 5.70. The number of benzene rings is 1. The van der Waals surface area contributed by atoms with Crippen LogP contribution >= 0.6 is 50.6 Å². The molecule has 16 heavy (non-hydrogen) atoms. The molecule has 1 aromatic heterocycles. The molecule has 0 radical (unpaired) electrons. The van der Waals surface area contributed by atoms with Gasteiger partial charge in [-0.05, 0) is 45.7 Å². The third kappa shape index (κ3) is 3.10.